The highest BCUT2D eigenvalue weighted by molar-refractivity contribution is 5.79. The molecule has 4 nitrogen and oxygen atoms in total. The number of nitrogens with zero attached hydrogens (tertiary/aromatic N) is 1. The Kier molecular flexibility index (Phi) is 4.72. The maximum absolute atomic E-state index is 12.3. The Balaban J connectivity index is 1.94. The lowest BCUT2D eigenvalue weighted by atomic mass is 9.93. The van der Waals surface area contributed by atoms with E-state index < -0.39 is 5.54 Å². The Morgan fingerprint density at radius 2 is 1.90 bits per heavy atom. The Morgan fingerprint density at radius 3 is 2.35 bits per heavy atom. The number of amides is 1. The lowest BCUT2D eigenvalue weighted by Gasteiger charge is -2.37. The van der Waals surface area contributed by atoms with Gasteiger partial charge in [0.25, 0.3) is 0 Å². The van der Waals surface area contributed by atoms with Crippen LogP contribution in [0, 0.1) is 12.3 Å². The molecule has 1 amide bonds. The molecule has 0 aliphatic carbocycles. The van der Waals surface area contributed by atoms with Crippen molar-refractivity contribution in [2.75, 3.05) is 6.54 Å². The molecular formula is C16H26N2O2. The minimum Gasteiger partial charge on any atom is -0.393 e. The molecule has 4 heteroatoms. The largest absolute Gasteiger partial charge is 0.393 e. The molecule has 112 valence electrons. The SMILES string of the molecule is C#CC(CC)(CC)NC(=O)CN1C2CCC1CC(O)C2. The minimum atomic E-state index is -0.509. The van der Waals surface area contributed by atoms with Gasteiger partial charge >= 0.3 is 0 Å². The van der Waals surface area contributed by atoms with Crippen LogP contribution in [0.15, 0.2) is 0 Å². The third-order valence-electron chi connectivity index (χ3n) is 5.05. The van der Waals surface area contributed by atoms with Gasteiger partial charge in [-0.05, 0) is 38.5 Å². The van der Waals surface area contributed by atoms with Crippen molar-refractivity contribution < 1.29 is 9.90 Å². The van der Waals surface area contributed by atoms with E-state index in [2.05, 4.69) is 16.1 Å². The van der Waals surface area contributed by atoms with Crippen LogP contribution in [-0.4, -0.2) is 46.2 Å². The Morgan fingerprint density at radius 1 is 1.35 bits per heavy atom. The van der Waals surface area contributed by atoms with Gasteiger partial charge < -0.3 is 10.4 Å². The molecule has 2 aliphatic rings. The fourth-order valence-electron chi connectivity index (χ4n) is 3.64. The van der Waals surface area contributed by atoms with Crippen LogP contribution in [0.5, 0.6) is 0 Å². The van der Waals surface area contributed by atoms with E-state index in [4.69, 9.17) is 6.42 Å². The van der Waals surface area contributed by atoms with Crippen molar-refractivity contribution in [3.63, 3.8) is 0 Å². The van der Waals surface area contributed by atoms with Gasteiger partial charge in [0.1, 0.15) is 5.54 Å². The number of carbonyl (C=O) groups is 1. The second kappa shape index (κ2) is 6.15. The van der Waals surface area contributed by atoms with E-state index in [1.165, 1.54) is 0 Å². The standard InChI is InChI=1S/C16H26N2O2/c1-4-16(5-2,6-3)17-15(20)11-18-12-7-8-13(18)10-14(19)9-12/h1,12-14,19H,5-11H2,2-3H3,(H,17,20). The lowest BCUT2D eigenvalue weighted by molar-refractivity contribution is -0.125. The summed E-state index contributed by atoms with van der Waals surface area (Å²) in [4.78, 5) is 14.6. The van der Waals surface area contributed by atoms with Crippen LogP contribution >= 0.6 is 0 Å². The van der Waals surface area contributed by atoms with Crippen LogP contribution in [0.25, 0.3) is 0 Å². The number of hydrogen-bond donors (Lipinski definition) is 2. The van der Waals surface area contributed by atoms with Crippen LogP contribution in [0.4, 0.5) is 0 Å². The zero-order valence-corrected chi connectivity index (χ0v) is 12.6. The summed E-state index contributed by atoms with van der Waals surface area (Å²) in [6.07, 6.45) is 10.7. The molecule has 2 aliphatic heterocycles. The summed E-state index contributed by atoms with van der Waals surface area (Å²) in [6, 6.07) is 0.718. The van der Waals surface area contributed by atoms with Gasteiger partial charge in [-0.15, -0.1) is 6.42 Å². The van der Waals surface area contributed by atoms with Crippen LogP contribution in [0.3, 0.4) is 0 Å². The molecule has 2 saturated heterocycles. The molecule has 2 unspecified atom stereocenters. The fraction of sp³-hybridized carbons (Fsp3) is 0.812. The van der Waals surface area contributed by atoms with Gasteiger partial charge in [-0.1, -0.05) is 19.8 Å². The molecule has 2 atom stereocenters. The van der Waals surface area contributed by atoms with Crippen LogP contribution in [0.2, 0.25) is 0 Å². The van der Waals surface area contributed by atoms with Crippen molar-refractivity contribution in [3.8, 4) is 12.3 Å². The second-order valence-electron chi connectivity index (χ2n) is 6.16. The van der Waals surface area contributed by atoms with Gasteiger partial charge in [-0.3, -0.25) is 9.69 Å². The van der Waals surface area contributed by atoms with E-state index >= 15 is 0 Å². The summed E-state index contributed by atoms with van der Waals surface area (Å²) in [5, 5.41) is 12.8. The first kappa shape index (κ1) is 15.3. The van der Waals surface area contributed by atoms with E-state index in [9.17, 15) is 9.90 Å². The quantitative estimate of drug-likeness (QED) is 0.745. The minimum absolute atomic E-state index is 0.0138. The number of nitrogens with one attached hydrogen (secondary N) is 1. The number of rotatable bonds is 5. The van der Waals surface area contributed by atoms with Gasteiger partial charge in [0.2, 0.25) is 5.91 Å². The van der Waals surface area contributed by atoms with Crippen molar-refractivity contribution in [1.29, 1.82) is 0 Å². The molecule has 0 aromatic carbocycles. The van der Waals surface area contributed by atoms with Crippen molar-refractivity contribution in [1.82, 2.24) is 10.2 Å². The number of piperidine rings is 1. The van der Waals surface area contributed by atoms with E-state index in [1.807, 2.05) is 13.8 Å². The molecule has 2 fully saturated rings. The number of aliphatic hydroxyl groups is 1. The smallest absolute Gasteiger partial charge is 0.235 e. The zero-order chi connectivity index (χ0) is 14.8. The third-order valence-corrected chi connectivity index (χ3v) is 5.05. The van der Waals surface area contributed by atoms with Crippen molar-refractivity contribution in [3.05, 3.63) is 0 Å². The predicted octanol–water partition coefficient (Wildman–Crippen LogP) is 1.28. The second-order valence-corrected chi connectivity index (χ2v) is 6.16. The summed E-state index contributed by atoms with van der Waals surface area (Å²) in [6.45, 7) is 4.42. The van der Waals surface area contributed by atoms with E-state index in [0.29, 0.717) is 18.6 Å². The van der Waals surface area contributed by atoms with Gasteiger partial charge in [0, 0.05) is 12.1 Å². The first-order valence-corrected chi connectivity index (χ1v) is 7.76. The number of fused-ring (bicyclic) bond motifs is 2. The summed E-state index contributed by atoms with van der Waals surface area (Å²) < 4.78 is 0. The van der Waals surface area contributed by atoms with Gasteiger partial charge in [0.15, 0.2) is 0 Å². The maximum atomic E-state index is 12.3. The topological polar surface area (TPSA) is 52.6 Å². The molecule has 20 heavy (non-hydrogen) atoms. The van der Waals surface area contributed by atoms with Gasteiger partial charge in [0.05, 0.1) is 12.6 Å². The highest BCUT2D eigenvalue weighted by Crippen LogP contribution is 2.35. The zero-order valence-electron chi connectivity index (χ0n) is 12.6. The number of carbonyl (C=O) groups excluding carboxylic acids is 1. The lowest BCUT2D eigenvalue weighted by Crippen LogP contribution is -2.53. The molecule has 0 aromatic rings. The Labute approximate surface area is 121 Å². The van der Waals surface area contributed by atoms with Crippen LogP contribution in [0.1, 0.15) is 52.4 Å². The molecule has 2 rings (SSSR count). The molecule has 0 radical (unpaired) electrons. The number of aliphatic hydroxyl groups excluding tert-OH is 1. The Bertz CT molecular complexity index is 384. The number of hydrogen-bond acceptors (Lipinski definition) is 3. The molecular weight excluding hydrogens is 252 g/mol. The van der Waals surface area contributed by atoms with Gasteiger partial charge in [-0.2, -0.15) is 0 Å². The van der Waals surface area contributed by atoms with Crippen molar-refractivity contribution >= 4 is 5.91 Å². The average molecular weight is 278 g/mol. The first-order valence-electron chi connectivity index (χ1n) is 7.76. The fourth-order valence-corrected chi connectivity index (χ4v) is 3.64. The third kappa shape index (κ3) is 2.99. The molecule has 2 bridgehead atoms. The molecule has 2 N–H and O–H groups in total. The molecule has 0 spiro atoms. The molecule has 0 aromatic heterocycles. The summed E-state index contributed by atoms with van der Waals surface area (Å²) in [7, 11) is 0. The first-order chi connectivity index (χ1) is 9.53. The van der Waals surface area contributed by atoms with Gasteiger partial charge in [-0.25, -0.2) is 0 Å². The maximum Gasteiger partial charge on any atom is 0.235 e. The summed E-state index contributed by atoms with van der Waals surface area (Å²) in [5.41, 5.74) is -0.509. The highest BCUT2D eigenvalue weighted by Gasteiger charge is 2.41. The van der Waals surface area contributed by atoms with Crippen LogP contribution < -0.4 is 5.32 Å². The Hall–Kier alpha value is -1.05. The average Bonchev–Trinajstić information content (AvgIpc) is 2.68. The van der Waals surface area contributed by atoms with E-state index in [1.54, 1.807) is 0 Å². The summed E-state index contributed by atoms with van der Waals surface area (Å²) in [5.74, 6) is 2.75. The van der Waals surface area contributed by atoms with Crippen molar-refractivity contribution in [2.24, 2.45) is 0 Å². The van der Waals surface area contributed by atoms with E-state index in [-0.39, 0.29) is 12.0 Å². The molecule has 2 heterocycles. The highest BCUT2D eigenvalue weighted by atomic mass is 16.3. The van der Waals surface area contributed by atoms with E-state index in [0.717, 1.165) is 38.5 Å². The van der Waals surface area contributed by atoms with Crippen LogP contribution in [-0.2, 0) is 4.79 Å². The van der Waals surface area contributed by atoms with Crippen molar-refractivity contribution in [2.45, 2.75) is 76.1 Å². The summed E-state index contributed by atoms with van der Waals surface area (Å²) >= 11 is 0. The number of terminal acetylenes is 1. The normalized spacial score (nSPS) is 30.0. The molecule has 0 saturated carbocycles. The predicted molar refractivity (Wildman–Crippen MR) is 79.0 cm³/mol. The monoisotopic (exact) mass is 278 g/mol.